The van der Waals surface area contributed by atoms with Crippen LogP contribution in [0.2, 0.25) is 5.02 Å². The van der Waals surface area contributed by atoms with Gasteiger partial charge in [-0.05, 0) is 35.4 Å². The summed E-state index contributed by atoms with van der Waals surface area (Å²) in [6, 6.07) is 13.3. The summed E-state index contributed by atoms with van der Waals surface area (Å²) in [5.74, 6) is -2.25. The van der Waals surface area contributed by atoms with Crippen molar-refractivity contribution < 1.29 is 24.2 Å². The van der Waals surface area contributed by atoms with Crippen molar-refractivity contribution in [3.63, 3.8) is 0 Å². The van der Waals surface area contributed by atoms with Crippen LogP contribution in [0.4, 0.5) is 0 Å². The minimum Gasteiger partial charge on any atom is -0.497 e. The Morgan fingerprint density at radius 1 is 1.06 bits per heavy atom. The van der Waals surface area contributed by atoms with Gasteiger partial charge in [0, 0.05) is 17.8 Å². The number of carbonyl (C=O) groups excluding carboxylic acids is 2. The molecule has 0 bridgehead atoms. The first kappa shape index (κ1) is 24.5. The first-order valence-corrected chi connectivity index (χ1v) is 10.5. The molecule has 3 rings (SSSR count). The fraction of sp³-hybridized carbons (Fsp3) is 0.174. The molecule has 34 heavy (non-hydrogen) atoms. The number of aromatic amines is 1. The van der Waals surface area contributed by atoms with Crippen molar-refractivity contribution in [1.82, 2.24) is 20.6 Å². The highest BCUT2D eigenvalue weighted by Gasteiger charge is 2.21. The van der Waals surface area contributed by atoms with Crippen LogP contribution in [0.5, 0.6) is 5.75 Å². The highest BCUT2D eigenvalue weighted by molar-refractivity contribution is 6.30. The summed E-state index contributed by atoms with van der Waals surface area (Å²) in [6.07, 6.45) is 0.709. The van der Waals surface area contributed by atoms with E-state index in [1.54, 1.807) is 55.6 Å². The van der Waals surface area contributed by atoms with Gasteiger partial charge in [0.15, 0.2) is 5.82 Å². The Morgan fingerprint density at radius 2 is 1.68 bits per heavy atom. The van der Waals surface area contributed by atoms with E-state index in [-0.39, 0.29) is 24.4 Å². The van der Waals surface area contributed by atoms with Crippen molar-refractivity contribution in [2.45, 2.75) is 12.5 Å². The van der Waals surface area contributed by atoms with Crippen LogP contribution in [0.1, 0.15) is 44.6 Å². The van der Waals surface area contributed by atoms with Gasteiger partial charge in [0.05, 0.1) is 19.6 Å². The van der Waals surface area contributed by atoms with Gasteiger partial charge in [-0.15, -0.1) is 0 Å². The number of aromatic nitrogens is 2. The van der Waals surface area contributed by atoms with E-state index in [1.165, 1.54) is 0 Å². The van der Waals surface area contributed by atoms with E-state index in [4.69, 9.17) is 21.4 Å². The number of aliphatic carboxylic acids is 1. The first-order valence-electron chi connectivity index (χ1n) is 10.1. The predicted octanol–water partition coefficient (Wildman–Crippen LogP) is 2.16. The maximum Gasteiger partial charge on any atom is 0.305 e. The summed E-state index contributed by atoms with van der Waals surface area (Å²) in [7, 11) is 1.54. The second-order valence-electron chi connectivity index (χ2n) is 7.11. The van der Waals surface area contributed by atoms with Crippen LogP contribution in [0, 0.1) is 0 Å². The molecule has 3 aromatic rings. The Balaban J connectivity index is 1.83. The van der Waals surface area contributed by atoms with Crippen molar-refractivity contribution >= 4 is 29.4 Å². The molecule has 2 amide bonds. The number of methoxy groups -OCH3 is 1. The molecule has 0 unspecified atom stereocenters. The number of carbonyl (C=O) groups is 3. The lowest BCUT2D eigenvalue weighted by Gasteiger charge is -2.20. The number of carboxylic acid groups (broad SMARTS) is 1. The molecule has 1 heterocycles. The van der Waals surface area contributed by atoms with Crippen molar-refractivity contribution in [3.05, 3.63) is 92.6 Å². The number of amides is 2. The van der Waals surface area contributed by atoms with Crippen molar-refractivity contribution in [3.8, 4) is 5.75 Å². The number of nitrogens with zero attached hydrogens (tertiary/aromatic N) is 1. The Hall–Kier alpha value is -4.18. The molecule has 2 aromatic carbocycles. The third kappa shape index (κ3) is 6.20. The highest BCUT2D eigenvalue weighted by atomic mass is 35.5. The van der Waals surface area contributed by atoms with E-state index in [0.717, 1.165) is 17.3 Å². The van der Waals surface area contributed by atoms with Crippen LogP contribution in [-0.2, 0) is 4.79 Å². The summed E-state index contributed by atoms with van der Waals surface area (Å²) in [4.78, 5) is 54.1. The number of hydrogen-bond donors (Lipinski definition) is 4. The average Bonchev–Trinajstić information content (AvgIpc) is 2.82. The normalized spacial score (nSPS) is 11.4. The quantitative estimate of drug-likeness (QED) is 0.363. The number of carboxylic acids is 1. The van der Waals surface area contributed by atoms with Gasteiger partial charge in [-0.1, -0.05) is 35.9 Å². The second kappa shape index (κ2) is 11.1. The average molecular weight is 485 g/mol. The lowest BCUT2D eigenvalue weighted by atomic mass is 9.98. The molecular weight excluding hydrogens is 464 g/mol. The van der Waals surface area contributed by atoms with E-state index in [0.29, 0.717) is 10.8 Å². The summed E-state index contributed by atoms with van der Waals surface area (Å²) in [6.45, 7) is -0.134. The van der Waals surface area contributed by atoms with Gasteiger partial charge in [0.1, 0.15) is 11.3 Å². The van der Waals surface area contributed by atoms with Gasteiger partial charge in [-0.3, -0.25) is 19.2 Å². The van der Waals surface area contributed by atoms with Crippen LogP contribution in [0.15, 0.2) is 59.5 Å². The molecule has 11 heteroatoms. The molecular formula is C23H21ClN4O6. The molecule has 176 valence electrons. The van der Waals surface area contributed by atoms with Gasteiger partial charge in [-0.25, -0.2) is 4.98 Å². The van der Waals surface area contributed by atoms with E-state index in [2.05, 4.69) is 20.6 Å². The topological polar surface area (TPSA) is 150 Å². The van der Waals surface area contributed by atoms with Crippen LogP contribution in [0.3, 0.4) is 0 Å². The summed E-state index contributed by atoms with van der Waals surface area (Å²) in [5, 5.41) is 14.3. The predicted molar refractivity (Wildman–Crippen MR) is 123 cm³/mol. The summed E-state index contributed by atoms with van der Waals surface area (Å²) in [5.41, 5.74) is 0.340. The molecule has 10 nitrogen and oxygen atoms in total. The Morgan fingerprint density at radius 3 is 2.24 bits per heavy atom. The standard InChI is InChI=1S/C23H21ClN4O6/c1-34-16-8-4-14(5-9-16)19(13-2-6-15(24)7-3-13)27-21(31)17-12-26-20(28-22(17)32)23(33)25-11-10-18(29)30/h2-9,12,19H,10-11H2,1H3,(H,25,33)(H,27,31)(H,29,30)(H,26,28,32)/t19-/m1/s1. The third-order valence-corrected chi connectivity index (χ3v) is 5.06. The van der Waals surface area contributed by atoms with Gasteiger partial charge in [0.25, 0.3) is 17.4 Å². The van der Waals surface area contributed by atoms with E-state index in [1.807, 2.05) is 0 Å². The highest BCUT2D eigenvalue weighted by Crippen LogP contribution is 2.25. The van der Waals surface area contributed by atoms with Crippen LogP contribution >= 0.6 is 11.6 Å². The molecule has 0 spiro atoms. The zero-order valence-corrected chi connectivity index (χ0v) is 18.8. The molecule has 0 aliphatic carbocycles. The molecule has 0 aliphatic rings. The maximum atomic E-state index is 13.0. The van der Waals surface area contributed by atoms with Crippen molar-refractivity contribution in [2.75, 3.05) is 13.7 Å². The molecule has 0 aliphatic heterocycles. The van der Waals surface area contributed by atoms with Crippen molar-refractivity contribution in [2.24, 2.45) is 0 Å². The summed E-state index contributed by atoms with van der Waals surface area (Å²) >= 11 is 5.99. The Labute approximate surface area is 198 Å². The maximum absolute atomic E-state index is 13.0. The fourth-order valence-corrected chi connectivity index (χ4v) is 3.18. The van der Waals surface area contributed by atoms with Gasteiger partial charge < -0.3 is 25.5 Å². The zero-order chi connectivity index (χ0) is 24.7. The first-order chi connectivity index (χ1) is 16.3. The van der Waals surface area contributed by atoms with E-state index < -0.39 is 29.4 Å². The van der Waals surface area contributed by atoms with E-state index in [9.17, 15) is 19.2 Å². The second-order valence-corrected chi connectivity index (χ2v) is 7.54. The Bertz CT molecular complexity index is 1240. The Kier molecular flexibility index (Phi) is 7.99. The van der Waals surface area contributed by atoms with E-state index >= 15 is 0 Å². The van der Waals surface area contributed by atoms with Crippen LogP contribution < -0.4 is 20.9 Å². The lowest BCUT2D eigenvalue weighted by molar-refractivity contribution is -0.136. The van der Waals surface area contributed by atoms with Crippen LogP contribution in [0.25, 0.3) is 0 Å². The molecule has 1 aromatic heterocycles. The number of hydrogen-bond acceptors (Lipinski definition) is 6. The number of rotatable bonds is 9. The number of ether oxygens (including phenoxy) is 1. The van der Waals surface area contributed by atoms with Gasteiger partial charge in [-0.2, -0.15) is 0 Å². The summed E-state index contributed by atoms with van der Waals surface area (Å²) < 4.78 is 5.18. The molecule has 0 radical (unpaired) electrons. The molecule has 0 fully saturated rings. The smallest absolute Gasteiger partial charge is 0.305 e. The number of halogens is 1. The largest absolute Gasteiger partial charge is 0.497 e. The molecule has 4 N–H and O–H groups in total. The zero-order valence-electron chi connectivity index (χ0n) is 18.0. The third-order valence-electron chi connectivity index (χ3n) is 4.81. The van der Waals surface area contributed by atoms with Gasteiger partial charge >= 0.3 is 5.97 Å². The lowest BCUT2D eigenvalue weighted by Crippen LogP contribution is -2.35. The van der Waals surface area contributed by atoms with Crippen LogP contribution in [-0.4, -0.2) is 46.5 Å². The van der Waals surface area contributed by atoms with Gasteiger partial charge in [0.2, 0.25) is 0 Å². The molecule has 0 saturated carbocycles. The van der Waals surface area contributed by atoms with Crippen molar-refractivity contribution in [1.29, 1.82) is 0 Å². The molecule has 1 atom stereocenters. The SMILES string of the molecule is COc1ccc([C@H](NC(=O)c2cnc(C(=O)NCCC(=O)O)[nH]c2=O)c2ccc(Cl)cc2)cc1. The monoisotopic (exact) mass is 484 g/mol. The minimum atomic E-state index is -1.08. The number of nitrogens with one attached hydrogen (secondary N) is 3. The molecule has 0 saturated heterocycles. The minimum absolute atomic E-state index is 0.134. The number of H-pyrrole nitrogens is 1. The number of benzene rings is 2. The fourth-order valence-electron chi connectivity index (χ4n) is 3.06.